The van der Waals surface area contributed by atoms with Gasteiger partial charge in [-0.3, -0.25) is 0 Å². The summed E-state index contributed by atoms with van der Waals surface area (Å²) in [5.41, 5.74) is 0. The molecule has 0 radical (unpaired) electrons. The molecule has 0 aromatic carbocycles. The summed E-state index contributed by atoms with van der Waals surface area (Å²) >= 11 is -2.34. The molecule has 0 bridgehead atoms. The normalized spacial score (nSPS) is 13.8. The van der Waals surface area contributed by atoms with E-state index in [2.05, 4.69) is 4.74 Å². The second-order valence-electron chi connectivity index (χ2n) is 3.06. The zero-order valence-corrected chi connectivity index (χ0v) is 11.2. The van der Waals surface area contributed by atoms with Crippen molar-refractivity contribution >= 4 is 17.0 Å². The molecule has 6 heteroatoms. The van der Waals surface area contributed by atoms with E-state index in [-0.39, 0.29) is 11.5 Å². The van der Waals surface area contributed by atoms with E-state index in [0.29, 0.717) is 0 Å². The maximum absolute atomic E-state index is 11.3. The highest BCUT2D eigenvalue weighted by molar-refractivity contribution is 7.84. The van der Waals surface area contributed by atoms with Crippen molar-refractivity contribution in [1.29, 1.82) is 0 Å². The zero-order valence-electron chi connectivity index (χ0n) is 10.4. The van der Waals surface area contributed by atoms with Crippen molar-refractivity contribution in [2.75, 3.05) is 19.7 Å². The van der Waals surface area contributed by atoms with Gasteiger partial charge >= 0.3 is 5.97 Å². The Hall–Kier alpha value is -1.14. The average molecular weight is 261 g/mol. The molecular weight excluding hydrogens is 242 g/mol. The first kappa shape index (κ1) is 15.9. The van der Waals surface area contributed by atoms with Crippen molar-refractivity contribution < 1.29 is 18.3 Å². The van der Waals surface area contributed by atoms with E-state index in [4.69, 9.17) is 4.55 Å². The molecule has 0 fully saturated rings. The fourth-order valence-corrected chi connectivity index (χ4v) is 1.48. The van der Waals surface area contributed by atoms with E-state index >= 15 is 0 Å². The molecule has 5 nitrogen and oxygen atoms in total. The molecular formula is C11H19NO4S. The van der Waals surface area contributed by atoms with Gasteiger partial charge in [0.2, 0.25) is 0 Å². The molecule has 0 aromatic heterocycles. The third kappa shape index (κ3) is 6.23. The molecule has 0 amide bonds. The molecule has 1 atom stereocenters. The van der Waals surface area contributed by atoms with Gasteiger partial charge in [0, 0.05) is 13.1 Å². The maximum atomic E-state index is 11.3. The van der Waals surface area contributed by atoms with Crippen LogP contribution in [0.2, 0.25) is 0 Å². The number of ether oxygens (including phenoxy) is 1. The Bertz CT molecular complexity index is 321. The summed E-state index contributed by atoms with van der Waals surface area (Å²) in [5, 5.41) is 0. The molecule has 0 aliphatic rings. The molecule has 1 N–H and O–H groups in total. The van der Waals surface area contributed by atoms with Gasteiger partial charge in [-0.05, 0) is 39.1 Å². The van der Waals surface area contributed by atoms with Crippen LogP contribution in [0, 0.1) is 0 Å². The second-order valence-corrected chi connectivity index (χ2v) is 4.00. The lowest BCUT2D eigenvalue weighted by atomic mass is 10.4. The third-order valence-corrected chi connectivity index (χ3v) is 2.70. The Kier molecular flexibility index (Phi) is 8.35. The minimum atomic E-state index is -2.34. The van der Waals surface area contributed by atoms with Crippen LogP contribution in [0.3, 0.4) is 0 Å². The van der Waals surface area contributed by atoms with Crippen molar-refractivity contribution in [3.8, 4) is 0 Å². The van der Waals surface area contributed by atoms with E-state index in [1.54, 1.807) is 19.2 Å². The number of rotatable bonds is 7. The van der Waals surface area contributed by atoms with Crippen molar-refractivity contribution in [3.63, 3.8) is 0 Å². The SMILES string of the molecule is CCOC(=O)/C(=C\C=C\N(CC)CC)S(=O)O. The monoisotopic (exact) mass is 261 g/mol. The van der Waals surface area contributed by atoms with Gasteiger partial charge in [0.05, 0.1) is 6.61 Å². The summed E-state index contributed by atoms with van der Waals surface area (Å²) in [7, 11) is 0. The average Bonchev–Trinajstić information content (AvgIpc) is 2.29. The van der Waals surface area contributed by atoms with E-state index in [0.717, 1.165) is 13.1 Å². The van der Waals surface area contributed by atoms with Crippen LogP contribution < -0.4 is 0 Å². The first-order valence-corrected chi connectivity index (χ1v) is 6.57. The lowest BCUT2D eigenvalue weighted by Gasteiger charge is -2.13. The predicted molar refractivity (Wildman–Crippen MR) is 67.5 cm³/mol. The summed E-state index contributed by atoms with van der Waals surface area (Å²) < 4.78 is 24.5. The van der Waals surface area contributed by atoms with Gasteiger partial charge in [0.1, 0.15) is 0 Å². The number of carbonyl (C=O) groups excluding carboxylic acids is 1. The number of hydrogen-bond acceptors (Lipinski definition) is 4. The van der Waals surface area contributed by atoms with Crippen LogP contribution >= 0.6 is 0 Å². The van der Waals surface area contributed by atoms with E-state index < -0.39 is 17.0 Å². The molecule has 0 aliphatic heterocycles. The lowest BCUT2D eigenvalue weighted by molar-refractivity contribution is -0.137. The topological polar surface area (TPSA) is 66.8 Å². The predicted octanol–water partition coefficient (Wildman–Crippen LogP) is 1.51. The fourth-order valence-electron chi connectivity index (χ4n) is 1.09. The van der Waals surface area contributed by atoms with Crippen LogP contribution in [0.4, 0.5) is 0 Å². The number of nitrogens with zero attached hydrogens (tertiary/aromatic N) is 1. The maximum Gasteiger partial charge on any atom is 0.349 e. The van der Waals surface area contributed by atoms with E-state index in [1.807, 2.05) is 18.7 Å². The van der Waals surface area contributed by atoms with Gasteiger partial charge in [-0.15, -0.1) is 0 Å². The molecule has 0 spiro atoms. The largest absolute Gasteiger partial charge is 0.462 e. The minimum Gasteiger partial charge on any atom is -0.462 e. The van der Waals surface area contributed by atoms with E-state index in [9.17, 15) is 9.00 Å². The number of carbonyl (C=O) groups is 1. The summed E-state index contributed by atoms with van der Waals surface area (Å²) in [6, 6.07) is 0. The second kappa shape index (κ2) is 8.95. The summed E-state index contributed by atoms with van der Waals surface area (Å²) in [5.74, 6) is -0.766. The summed E-state index contributed by atoms with van der Waals surface area (Å²) in [6.45, 7) is 7.46. The molecule has 0 saturated heterocycles. The zero-order chi connectivity index (χ0) is 13.3. The highest BCUT2D eigenvalue weighted by Crippen LogP contribution is 2.03. The van der Waals surface area contributed by atoms with Gasteiger partial charge in [-0.25, -0.2) is 9.00 Å². The van der Waals surface area contributed by atoms with E-state index in [1.165, 1.54) is 6.08 Å². The Morgan fingerprint density at radius 1 is 1.35 bits per heavy atom. The number of allylic oxidation sites excluding steroid dienone is 2. The van der Waals surface area contributed by atoms with Crippen LogP contribution in [0.1, 0.15) is 20.8 Å². The van der Waals surface area contributed by atoms with Gasteiger partial charge in [-0.1, -0.05) is 0 Å². The Balaban J connectivity index is 4.72. The summed E-state index contributed by atoms with van der Waals surface area (Å²) in [4.78, 5) is 13.0. The number of esters is 1. The molecule has 0 aliphatic carbocycles. The van der Waals surface area contributed by atoms with Gasteiger partial charge < -0.3 is 14.2 Å². The summed E-state index contributed by atoms with van der Waals surface area (Å²) in [6.07, 6.45) is 4.62. The molecule has 0 aromatic rings. The van der Waals surface area contributed by atoms with Crippen LogP contribution in [0.5, 0.6) is 0 Å². The first-order chi connectivity index (χ1) is 8.06. The fraction of sp³-hybridized carbons (Fsp3) is 0.545. The molecule has 0 rings (SSSR count). The van der Waals surface area contributed by atoms with Crippen molar-refractivity contribution in [2.24, 2.45) is 0 Å². The van der Waals surface area contributed by atoms with Gasteiger partial charge in [0.15, 0.2) is 16.0 Å². The van der Waals surface area contributed by atoms with Crippen LogP contribution in [-0.4, -0.2) is 39.3 Å². The van der Waals surface area contributed by atoms with Gasteiger partial charge in [0.25, 0.3) is 0 Å². The highest BCUT2D eigenvalue weighted by Gasteiger charge is 2.15. The Morgan fingerprint density at radius 3 is 2.35 bits per heavy atom. The molecule has 1 unspecified atom stereocenters. The standard InChI is InChI=1S/C11H19NO4S/c1-4-12(5-2)9-7-8-10(17(14)15)11(13)16-6-3/h7-9H,4-6H2,1-3H3,(H,14,15)/b9-7+,10-8+. The van der Waals surface area contributed by atoms with Crippen LogP contribution in [0.25, 0.3) is 0 Å². The third-order valence-electron chi connectivity index (χ3n) is 2.02. The van der Waals surface area contributed by atoms with Crippen molar-refractivity contribution in [3.05, 3.63) is 23.3 Å². The van der Waals surface area contributed by atoms with Crippen LogP contribution in [-0.2, 0) is 20.6 Å². The highest BCUT2D eigenvalue weighted by atomic mass is 32.2. The first-order valence-electron chi connectivity index (χ1n) is 5.47. The Labute approximate surface area is 104 Å². The quantitative estimate of drug-likeness (QED) is 0.326. The van der Waals surface area contributed by atoms with Crippen molar-refractivity contribution in [2.45, 2.75) is 20.8 Å². The minimum absolute atomic E-state index is 0.174. The lowest BCUT2D eigenvalue weighted by Crippen LogP contribution is -2.15. The number of hydrogen-bond donors (Lipinski definition) is 1. The molecule has 0 heterocycles. The molecule has 0 saturated carbocycles. The Morgan fingerprint density at radius 2 is 1.94 bits per heavy atom. The smallest absolute Gasteiger partial charge is 0.349 e. The molecule has 17 heavy (non-hydrogen) atoms. The van der Waals surface area contributed by atoms with Crippen molar-refractivity contribution in [1.82, 2.24) is 4.90 Å². The van der Waals surface area contributed by atoms with Crippen LogP contribution in [0.15, 0.2) is 23.3 Å². The van der Waals surface area contributed by atoms with Gasteiger partial charge in [-0.2, -0.15) is 0 Å². The molecule has 98 valence electrons.